The van der Waals surface area contributed by atoms with Crippen molar-refractivity contribution in [2.24, 2.45) is 0 Å². The zero-order valence-corrected chi connectivity index (χ0v) is 13.7. The van der Waals surface area contributed by atoms with Crippen molar-refractivity contribution in [2.75, 3.05) is 6.61 Å². The zero-order chi connectivity index (χ0) is 18.7. The van der Waals surface area contributed by atoms with Gasteiger partial charge in [-0.15, -0.1) is 0 Å². The number of alkyl halides is 3. The molecule has 2 heterocycles. The predicted molar refractivity (Wildman–Crippen MR) is 85.7 cm³/mol. The van der Waals surface area contributed by atoms with Crippen LogP contribution in [-0.4, -0.2) is 21.3 Å². The summed E-state index contributed by atoms with van der Waals surface area (Å²) in [5, 5.41) is 3.79. The SMILES string of the molecule is CCOc1ccc(-c2noc(Cn3cc(C(F)(F)F)ccc3=O)n2)cc1. The molecule has 0 radical (unpaired) electrons. The van der Waals surface area contributed by atoms with Gasteiger partial charge >= 0.3 is 6.18 Å². The van der Waals surface area contributed by atoms with Crippen molar-refractivity contribution in [1.82, 2.24) is 14.7 Å². The number of benzene rings is 1. The zero-order valence-electron chi connectivity index (χ0n) is 13.7. The van der Waals surface area contributed by atoms with E-state index in [2.05, 4.69) is 10.1 Å². The van der Waals surface area contributed by atoms with Gasteiger partial charge in [-0.05, 0) is 37.3 Å². The Bertz CT molecular complexity index is 946. The maximum absolute atomic E-state index is 12.8. The van der Waals surface area contributed by atoms with Gasteiger partial charge in [-0.1, -0.05) is 5.16 Å². The van der Waals surface area contributed by atoms with Gasteiger partial charge in [0.25, 0.3) is 5.56 Å². The van der Waals surface area contributed by atoms with Crippen LogP contribution in [0, 0.1) is 0 Å². The number of pyridine rings is 1. The van der Waals surface area contributed by atoms with Crippen LogP contribution in [0.15, 0.2) is 51.9 Å². The van der Waals surface area contributed by atoms with E-state index in [9.17, 15) is 18.0 Å². The summed E-state index contributed by atoms with van der Waals surface area (Å²) in [6, 6.07) is 8.54. The Hall–Kier alpha value is -3.10. The van der Waals surface area contributed by atoms with Crippen LogP contribution < -0.4 is 10.3 Å². The smallest absolute Gasteiger partial charge is 0.417 e. The average molecular weight is 365 g/mol. The first-order chi connectivity index (χ1) is 12.4. The molecule has 0 aliphatic rings. The molecule has 26 heavy (non-hydrogen) atoms. The molecule has 136 valence electrons. The molecule has 0 saturated heterocycles. The van der Waals surface area contributed by atoms with Gasteiger partial charge in [0.05, 0.1) is 12.2 Å². The van der Waals surface area contributed by atoms with Crippen LogP contribution in [0.1, 0.15) is 18.4 Å². The monoisotopic (exact) mass is 365 g/mol. The molecule has 0 spiro atoms. The Morgan fingerprint density at radius 2 is 1.88 bits per heavy atom. The molecule has 0 fully saturated rings. The van der Waals surface area contributed by atoms with Crippen molar-refractivity contribution in [3.05, 3.63) is 64.4 Å². The molecule has 0 N–H and O–H groups in total. The summed E-state index contributed by atoms with van der Waals surface area (Å²) < 4.78 is 49.6. The first-order valence-corrected chi connectivity index (χ1v) is 7.70. The maximum atomic E-state index is 12.8. The van der Waals surface area contributed by atoms with Crippen LogP contribution in [0.3, 0.4) is 0 Å². The summed E-state index contributed by atoms with van der Waals surface area (Å²) in [5.74, 6) is 0.980. The van der Waals surface area contributed by atoms with E-state index in [-0.39, 0.29) is 18.3 Å². The standard InChI is InChI=1S/C17H14F3N3O3/c1-2-25-13-6-3-11(4-7-13)16-21-14(26-22-16)10-23-9-12(17(18,19)20)5-8-15(23)24/h3-9H,2,10H2,1H3. The van der Waals surface area contributed by atoms with E-state index in [4.69, 9.17) is 9.26 Å². The van der Waals surface area contributed by atoms with Gasteiger partial charge in [-0.3, -0.25) is 4.79 Å². The van der Waals surface area contributed by atoms with Gasteiger partial charge in [0, 0.05) is 17.8 Å². The number of ether oxygens (including phenoxy) is 1. The molecule has 0 aliphatic carbocycles. The van der Waals surface area contributed by atoms with Gasteiger partial charge in [-0.2, -0.15) is 18.2 Å². The Morgan fingerprint density at radius 3 is 2.54 bits per heavy atom. The molecule has 2 aromatic heterocycles. The molecule has 6 nitrogen and oxygen atoms in total. The normalized spacial score (nSPS) is 11.5. The summed E-state index contributed by atoms with van der Waals surface area (Å²) in [7, 11) is 0. The number of hydrogen-bond acceptors (Lipinski definition) is 5. The van der Waals surface area contributed by atoms with Gasteiger partial charge in [0.15, 0.2) is 0 Å². The van der Waals surface area contributed by atoms with E-state index in [1.165, 1.54) is 0 Å². The highest BCUT2D eigenvalue weighted by atomic mass is 19.4. The lowest BCUT2D eigenvalue weighted by Gasteiger charge is -2.08. The minimum absolute atomic E-state index is 0.0234. The average Bonchev–Trinajstić information content (AvgIpc) is 3.05. The molecule has 0 amide bonds. The summed E-state index contributed by atoms with van der Waals surface area (Å²) in [6.45, 7) is 2.15. The fourth-order valence-electron chi connectivity index (χ4n) is 2.27. The highest BCUT2D eigenvalue weighted by Gasteiger charge is 2.31. The van der Waals surface area contributed by atoms with Crippen molar-refractivity contribution < 1.29 is 22.4 Å². The van der Waals surface area contributed by atoms with E-state index in [0.717, 1.165) is 22.9 Å². The number of rotatable bonds is 5. The molecule has 0 aliphatic heterocycles. The fraction of sp³-hybridized carbons (Fsp3) is 0.235. The van der Waals surface area contributed by atoms with Gasteiger partial charge in [0.1, 0.15) is 12.3 Å². The fourth-order valence-corrected chi connectivity index (χ4v) is 2.27. The first-order valence-electron chi connectivity index (χ1n) is 7.70. The molecule has 3 aromatic rings. The van der Waals surface area contributed by atoms with E-state index in [1.54, 1.807) is 24.3 Å². The van der Waals surface area contributed by atoms with Crippen molar-refractivity contribution in [3.8, 4) is 17.1 Å². The molecule has 1 aromatic carbocycles. The number of halogens is 3. The molecule has 0 atom stereocenters. The quantitative estimate of drug-likeness (QED) is 0.693. The second-order valence-corrected chi connectivity index (χ2v) is 5.35. The van der Waals surface area contributed by atoms with Crippen LogP contribution in [0.4, 0.5) is 13.2 Å². The molecular weight excluding hydrogens is 351 g/mol. The largest absolute Gasteiger partial charge is 0.494 e. The minimum Gasteiger partial charge on any atom is -0.494 e. The Balaban J connectivity index is 1.81. The highest BCUT2D eigenvalue weighted by molar-refractivity contribution is 5.55. The van der Waals surface area contributed by atoms with Crippen molar-refractivity contribution in [2.45, 2.75) is 19.6 Å². The molecule has 0 bridgehead atoms. The first kappa shape index (κ1) is 17.7. The predicted octanol–water partition coefficient (Wildman–Crippen LogP) is 3.36. The highest BCUT2D eigenvalue weighted by Crippen LogP contribution is 2.28. The van der Waals surface area contributed by atoms with Gasteiger partial charge in [-0.25, -0.2) is 0 Å². The Kier molecular flexibility index (Phi) is 4.79. The maximum Gasteiger partial charge on any atom is 0.417 e. The van der Waals surface area contributed by atoms with Crippen molar-refractivity contribution >= 4 is 0 Å². The third kappa shape index (κ3) is 3.93. The third-order valence-electron chi connectivity index (χ3n) is 3.51. The molecule has 9 heteroatoms. The van der Waals surface area contributed by atoms with Crippen LogP contribution in [-0.2, 0) is 12.7 Å². The van der Waals surface area contributed by atoms with Crippen LogP contribution >= 0.6 is 0 Å². The molecule has 0 saturated carbocycles. The second-order valence-electron chi connectivity index (χ2n) is 5.35. The lowest BCUT2D eigenvalue weighted by atomic mass is 10.2. The topological polar surface area (TPSA) is 70.2 Å². The summed E-state index contributed by atoms with van der Waals surface area (Å²) in [5.41, 5.74) is -0.873. The lowest BCUT2D eigenvalue weighted by Crippen LogP contribution is -2.22. The van der Waals surface area contributed by atoms with Gasteiger partial charge < -0.3 is 13.8 Å². The minimum atomic E-state index is -4.54. The molecule has 0 unspecified atom stereocenters. The van der Waals surface area contributed by atoms with Crippen molar-refractivity contribution in [3.63, 3.8) is 0 Å². The molecule has 3 rings (SSSR count). The van der Waals surface area contributed by atoms with Crippen molar-refractivity contribution in [1.29, 1.82) is 0 Å². The van der Waals surface area contributed by atoms with E-state index in [0.29, 0.717) is 17.9 Å². The number of hydrogen-bond donors (Lipinski definition) is 0. The number of aromatic nitrogens is 3. The molecular formula is C17H14F3N3O3. The van der Waals surface area contributed by atoms with Gasteiger partial charge in [0.2, 0.25) is 11.7 Å². The third-order valence-corrected chi connectivity index (χ3v) is 3.51. The van der Waals surface area contributed by atoms with Crippen LogP contribution in [0.5, 0.6) is 5.75 Å². The second kappa shape index (κ2) is 7.03. The number of nitrogens with zero attached hydrogens (tertiary/aromatic N) is 3. The van der Waals surface area contributed by atoms with E-state index >= 15 is 0 Å². The van der Waals surface area contributed by atoms with Crippen LogP contribution in [0.2, 0.25) is 0 Å². The summed E-state index contributed by atoms with van der Waals surface area (Å²) in [6.07, 6.45) is -3.82. The Morgan fingerprint density at radius 1 is 1.15 bits per heavy atom. The van der Waals surface area contributed by atoms with E-state index in [1.807, 2.05) is 6.92 Å². The van der Waals surface area contributed by atoms with E-state index < -0.39 is 17.3 Å². The summed E-state index contributed by atoms with van der Waals surface area (Å²) >= 11 is 0. The summed E-state index contributed by atoms with van der Waals surface area (Å²) in [4.78, 5) is 15.9. The Labute approximate surface area is 145 Å². The van der Waals surface area contributed by atoms with Crippen LogP contribution in [0.25, 0.3) is 11.4 Å². The lowest BCUT2D eigenvalue weighted by molar-refractivity contribution is -0.138.